The number of hydrogen-bond donors (Lipinski definition) is 2. The SMILES string of the molecule is CCN(CC(N)=O)C(C)CCN. The Kier molecular flexibility index (Phi) is 5.66. The fourth-order valence-electron chi connectivity index (χ4n) is 1.20. The molecule has 4 N–H and O–H groups in total. The van der Waals surface area contributed by atoms with Crippen LogP contribution in [0.15, 0.2) is 0 Å². The summed E-state index contributed by atoms with van der Waals surface area (Å²) in [4.78, 5) is 12.6. The highest BCUT2D eigenvalue weighted by Gasteiger charge is 2.12. The molecule has 1 unspecified atom stereocenters. The summed E-state index contributed by atoms with van der Waals surface area (Å²) < 4.78 is 0. The van der Waals surface area contributed by atoms with E-state index in [2.05, 4.69) is 6.92 Å². The summed E-state index contributed by atoms with van der Waals surface area (Å²) in [6.07, 6.45) is 0.904. The highest BCUT2D eigenvalue weighted by molar-refractivity contribution is 5.75. The number of nitrogens with zero attached hydrogens (tertiary/aromatic N) is 1. The number of hydrogen-bond acceptors (Lipinski definition) is 3. The summed E-state index contributed by atoms with van der Waals surface area (Å²) in [7, 11) is 0. The van der Waals surface area contributed by atoms with Crippen LogP contribution in [0.3, 0.4) is 0 Å². The second-order valence-electron chi connectivity index (χ2n) is 2.96. The quantitative estimate of drug-likeness (QED) is 0.570. The van der Waals surface area contributed by atoms with Crippen molar-refractivity contribution in [3.8, 4) is 0 Å². The van der Waals surface area contributed by atoms with Crippen LogP contribution in [-0.2, 0) is 4.79 Å². The van der Waals surface area contributed by atoms with Crippen LogP contribution in [0, 0.1) is 0 Å². The molecule has 0 fully saturated rings. The smallest absolute Gasteiger partial charge is 0.231 e. The molecule has 0 aromatic carbocycles. The average molecular weight is 173 g/mol. The van der Waals surface area contributed by atoms with E-state index < -0.39 is 0 Å². The van der Waals surface area contributed by atoms with Gasteiger partial charge in [-0.3, -0.25) is 9.69 Å². The zero-order valence-corrected chi connectivity index (χ0v) is 7.92. The molecule has 0 heterocycles. The van der Waals surface area contributed by atoms with E-state index in [0.717, 1.165) is 13.0 Å². The third-order valence-electron chi connectivity index (χ3n) is 1.97. The largest absolute Gasteiger partial charge is 0.369 e. The fraction of sp³-hybridized carbons (Fsp3) is 0.875. The summed E-state index contributed by atoms with van der Waals surface area (Å²) >= 11 is 0. The van der Waals surface area contributed by atoms with E-state index in [0.29, 0.717) is 19.1 Å². The van der Waals surface area contributed by atoms with Crippen LogP contribution in [0.5, 0.6) is 0 Å². The van der Waals surface area contributed by atoms with E-state index in [9.17, 15) is 4.79 Å². The first-order valence-corrected chi connectivity index (χ1v) is 4.34. The minimum atomic E-state index is -0.277. The van der Waals surface area contributed by atoms with Gasteiger partial charge in [-0.05, 0) is 26.4 Å². The van der Waals surface area contributed by atoms with Crippen molar-refractivity contribution >= 4 is 5.91 Å². The van der Waals surface area contributed by atoms with Crippen molar-refractivity contribution in [2.75, 3.05) is 19.6 Å². The number of rotatable bonds is 6. The predicted molar refractivity (Wildman–Crippen MR) is 49.6 cm³/mol. The monoisotopic (exact) mass is 173 g/mol. The number of amides is 1. The Morgan fingerprint density at radius 2 is 2.17 bits per heavy atom. The molecular weight excluding hydrogens is 154 g/mol. The first-order valence-electron chi connectivity index (χ1n) is 4.34. The summed E-state index contributed by atoms with van der Waals surface area (Å²) in [6, 6.07) is 0.340. The topological polar surface area (TPSA) is 72.3 Å². The third-order valence-corrected chi connectivity index (χ3v) is 1.97. The number of likely N-dealkylation sites (N-methyl/N-ethyl adjacent to an activating group) is 1. The molecule has 1 atom stereocenters. The van der Waals surface area contributed by atoms with E-state index in [4.69, 9.17) is 11.5 Å². The summed E-state index contributed by atoms with van der Waals surface area (Å²) in [5, 5.41) is 0. The lowest BCUT2D eigenvalue weighted by atomic mass is 10.2. The van der Waals surface area contributed by atoms with E-state index in [-0.39, 0.29) is 5.91 Å². The number of carbonyl (C=O) groups is 1. The van der Waals surface area contributed by atoms with Gasteiger partial charge in [0.05, 0.1) is 6.54 Å². The highest BCUT2D eigenvalue weighted by atomic mass is 16.1. The molecule has 0 aromatic heterocycles. The lowest BCUT2D eigenvalue weighted by molar-refractivity contribution is -0.119. The molecule has 0 rings (SSSR count). The maximum Gasteiger partial charge on any atom is 0.231 e. The van der Waals surface area contributed by atoms with Gasteiger partial charge in [-0.15, -0.1) is 0 Å². The summed E-state index contributed by atoms with van der Waals surface area (Å²) in [5.74, 6) is -0.277. The number of primary amides is 1. The van der Waals surface area contributed by atoms with Gasteiger partial charge in [-0.2, -0.15) is 0 Å². The van der Waals surface area contributed by atoms with Crippen LogP contribution in [-0.4, -0.2) is 36.5 Å². The fourth-order valence-corrected chi connectivity index (χ4v) is 1.20. The molecule has 0 aliphatic carbocycles. The Hall–Kier alpha value is -0.610. The van der Waals surface area contributed by atoms with Gasteiger partial charge in [0.15, 0.2) is 0 Å². The van der Waals surface area contributed by atoms with Crippen molar-refractivity contribution < 1.29 is 4.79 Å². The standard InChI is InChI=1S/C8H19N3O/c1-3-11(6-8(10)12)7(2)4-5-9/h7H,3-6,9H2,1-2H3,(H2,10,12). The molecule has 1 amide bonds. The van der Waals surface area contributed by atoms with Gasteiger partial charge in [0.2, 0.25) is 5.91 Å². The Morgan fingerprint density at radius 3 is 2.50 bits per heavy atom. The molecule has 0 aliphatic rings. The van der Waals surface area contributed by atoms with Gasteiger partial charge in [0.1, 0.15) is 0 Å². The van der Waals surface area contributed by atoms with Crippen LogP contribution >= 0.6 is 0 Å². The van der Waals surface area contributed by atoms with E-state index in [1.54, 1.807) is 0 Å². The van der Waals surface area contributed by atoms with Gasteiger partial charge in [-0.1, -0.05) is 6.92 Å². The molecule has 0 aliphatic heterocycles. The van der Waals surface area contributed by atoms with Crippen LogP contribution in [0.4, 0.5) is 0 Å². The molecular formula is C8H19N3O. The molecule has 0 aromatic rings. The molecule has 72 valence electrons. The second-order valence-corrected chi connectivity index (χ2v) is 2.96. The zero-order chi connectivity index (χ0) is 9.56. The lowest BCUT2D eigenvalue weighted by Crippen LogP contribution is -2.40. The Labute approximate surface area is 73.9 Å². The van der Waals surface area contributed by atoms with Gasteiger partial charge < -0.3 is 11.5 Å². The van der Waals surface area contributed by atoms with Crippen LogP contribution < -0.4 is 11.5 Å². The molecule has 12 heavy (non-hydrogen) atoms. The molecule has 0 spiro atoms. The van der Waals surface area contributed by atoms with Crippen LogP contribution in [0.1, 0.15) is 20.3 Å². The Morgan fingerprint density at radius 1 is 1.58 bits per heavy atom. The van der Waals surface area contributed by atoms with Crippen LogP contribution in [0.25, 0.3) is 0 Å². The molecule has 4 nitrogen and oxygen atoms in total. The lowest BCUT2D eigenvalue weighted by Gasteiger charge is -2.25. The van der Waals surface area contributed by atoms with Gasteiger partial charge in [0, 0.05) is 6.04 Å². The van der Waals surface area contributed by atoms with Gasteiger partial charge in [0.25, 0.3) is 0 Å². The van der Waals surface area contributed by atoms with Crippen LogP contribution in [0.2, 0.25) is 0 Å². The molecule has 0 bridgehead atoms. The van der Waals surface area contributed by atoms with E-state index >= 15 is 0 Å². The normalized spacial score (nSPS) is 13.3. The molecule has 0 saturated carbocycles. The van der Waals surface area contributed by atoms with Gasteiger partial charge in [-0.25, -0.2) is 0 Å². The van der Waals surface area contributed by atoms with Crippen molar-refractivity contribution in [2.45, 2.75) is 26.3 Å². The zero-order valence-electron chi connectivity index (χ0n) is 7.92. The van der Waals surface area contributed by atoms with Gasteiger partial charge >= 0.3 is 0 Å². The van der Waals surface area contributed by atoms with Crippen molar-refractivity contribution in [2.24, 2.45) is 11.5 Å². The van der Waals surface area contributed by atoms with E-state index in [1.165, 1.54) is 0 Å². The first-order chi connectivity index (χ1) is 5.61. The third kappa shape index (κ3) is 4.31. The predicted octanol–water partition coefficient (Wildman–Crippen LogP) is -0.469. The maximum absolute atomic E-state index is 10.6. The van der Waals surface area contributed by atoms with E-state index in [1.807, 2.05) is 11.8 Å². The second kappa shape index (κ2) is 5.97. The average Bonchev–Trinajstić information content (AvgIpc) is 2.00. The maximum atomic E-state index is 10.6. The Balaban J connectivity index is 3.86. The van der Waals surface area contributed by atoms with Crippen molar-refractivity contribution in [3.05, 3.63) is 0 Å². The minimum Gasteiger partial charge on any atom is -0.369 e. The first kappa shape index (κ1) is 11.4. The van der Waals surface area contributed by atoms with Crippen molar-refractivity contribution in [1.82, 2.24) is 4.90 Å². The molecule has 0 saturated heterocycles. The number of carbonyl (C=O) groups excluding carboxylic acids is 1. The minimum absolute atomic E-state index is 0.277. The number of nitrogens with two attached hydrogens (primary N) is 2. The molecule has 0 radical (unpaired) electrons. The molecule has 4 heteroatoms. The Bertz CT molecular complexity index is 138. The van der Waals surface area contributed by atoms with Crippen molar-refractivity contribution in [3.63, 3.8) is 0 Å². The summed E-state index contributed by atoms with van der Waals surface area (Å²) in [6.45, 7) is 5.88. The summed E-state index contributed by atoms with van der Waals surface area (Å²) in [5.41, 5.74) is 10.5. The van der Waals surface area contributed by atoms with Crippen molar-refractivity contribution in [1.29, 1.82) is 0 Å². The highest BCUT2D eigenvalue weighted by Crippen LogP contribution is 2.01.